The number of aliphatic hydroxyl groups excluding tert-OH is 1. The number of benzene rings is 1. The molecular formula is C10H14NO7P. The van der Waals surface area contributed by atoms with Gasteiger partial charge in [0.05, 0.1) is 13.7 Å². The van der Waals surface area contributed by atoms with Crippen LogP contribution in [0.5, 0.6) is 5.75 Å². The molecule has 9 heteroatoms. The van der Waals surface area contributed by atoms with Gasteiger partial charge in [0, 0.05) is 0 Å². The van der Waals surface area contributed by atoms with Gasteiger partial charge in [0.1, 0.15) is 0 Å². The number of hydrogen-bond acceptors (Lipinski definition) is 7. The van der Waals surface area contributed by atoms with Gasteiger partial charge in [-0.1, -0.05) is 22.9 Å². The van der Waals surface area contributed by atoms with E-state index in [0.717, 1.165) is 7.11 Å². The topological polar surface area (TPSA) is 114 Å². The number of esters is 1. The molecule has 0 heterocycles. The van der Waals surface area contributed by atoms with Crippen molar-refractivity contribution in [2.45, 2.75) is 5.97 Å². The summed E-state index contributed by atoms with van der Waals surface area (Å²) in [6, 6.07) is 7.97. The van der Waals surface area contributed by atoms with Crippen LogP contribution in [0.15, 0.2) is 30.3 Å². The first-order chi connectivity index (χ1) is 8.95. The summed E-state index contributed by atoms with van der Waals surface area (Å²) in [6.45, 7) is -0.448. The first kappa shape index (κ1) is 15.6. The molecule has 19 heavy (non-hydrogen) atoms. The monoisotopic (exact) mass is 291 g/mol. The number of ether oxygens (including phenoxy) is 1. The molecule has 106 valence electrons. The van der Waals surface area contributed by atoms with Crippen LogP contribution in [0.4, 0.5) is 0 Å². The van der Waals surface area contributed by atoms with Crippen molar-refractivity contribution in [2.24, 2.45) is 0 Å². The first-order valence-corrected chi connectivity index (χ1v) is 6.82. The lowest BCUT2D eigenvalue weighted by Gasteiger charge is -2.17. The maximum absolute atomic E-state index is 11.5. The molecule has 0 spiro atoms. The van der Waals surface area contributed by atoms with Crippen LogP contribution in [0.25, 0.3) is 0 Å². The minimum atomic E-state index is -4.50. The Morgan fingerprint density at radius 2 is 2.05 bits per heavy atom. The lowest BCUT2D eigenvalue weighted by molar-refractivity contribution is -0.140. The van der Waals surface area contributed by atoms with Crippen LogP contribution in [0.3, 0.4) is 0 Å². The van der Waals surface area contributed by atoms with Gasteiger partial charge >= 0.3 is 13.6 Å². The molecule has 0 radical (unpaired) electrons. The fourth-order valence-corrected chi connectivity index (χ4v) is 1.57. The second-order valence-corrected chi connectivity index (χ2v) is 5.13. The van der Waals surface area contributed by atoms with E-state index in [4.69, 9.17) is 0 Å². The highest BCUT2D eigenvalue weighted by Crippen LogP contribution is 2.45. The van der Waals surface area contributed by atoms with Crippen molar-refractivity contribution in [3.8, 4) is 5.75 Å². The third kappa shape index (κ3) is 5.37. The van der Waals surface area contributed by atoms with Gasteiger partial charge in [0.15, 0.2) is 5.75 Å². The highest BCUT2D eigenvalue weighted by molar-refractivity contribution is 7.53. The predicted octanol–water partition coefficient (Wildman–Crippen LogP) is 0.221. The van der Waals surface area contributed by atoms with Crippen LogP contribution in [0.1, 0.15) is 0 Å². The van der Waals surface area contributed by atoms with Crippen LogP contribution in [0, 0.1) is 0 Å². The Morgan fingerprint density at radius 3 is 2.63 bits per heavy atom. The lowest BCUT2D eigenvalue weighted by Crippen LogP contribution is -2.34. The first-order valence-electron chi connectivity index (χ1n) is 5.18. The zero-order chi connectivity index (χ0) is 14.3. The van der Waals surface area contributed by atoms with Crippen molar-refractivity contribution in [3.05, 3.63) is 30.3 Å². The Morgan fingerprint density at radius 1 is 1.42 bits per heavy atom. The third-order valence-electron chi connectivity index (χ3n) is 1.95. The molecule has 0 bridgehead atoms. The van der Waals surface area contributed by atoms with E-state index in [9.17, 15) is 19.4 Å². The minimum Gasteiger partial charge on any atom is -0.468 e. The quantitative estimate of drug-likeness (QED) is 0.215. The van der Waals surface area contributed by atoms with Crippen molar-refractivity contribution < 1.29 is 33.7 Å². The van der Waals surface area contributed by atoms with Gasteiger partial charge in [-0.05, 0) is 12.1 Å². The molecule has 2 atom stereocenters. The third-order valence-corrected chi connectivity index (χ3v) is 3.04. The fraction of sp³-hybridized carbons (Fsp3) is 0.300. The molecule has 0 aromatic heterocycles. The van der Waals surface area contributed by atoms with E-state index in [0.29, 0.717) is 0 Å². The lowest BCUT2D eigenvalue weighted by atomic mass is 10.3. The fourth-order valence-electron chi connectivity index (χ4n) is 0.975. The molecule has 0 aliphatic carbocycles. The van der Waals surface area contributed by atoms with Crippen molar-refractivity contribution >= 4 is 13.6 Å². The average Bonchev–Trinajstić information content (AvgIpc) is 2.43. The number of methoxy groups -OCH3 is 1. The summed E-state index contributed by atoms with van der Waals surface area (Å²) in [4.78, 5) is 24.8. The van der Waals surface area contributed by atoms with Crippen molar-refractivity contribution in [2.75, 3.05) is 13.7 Å². The maximum atomic E-state index is 11.5. The second-order valence-electron chi connectivity index (χ2n) is 3.37. The summed E-state index contributed by atoms with van der Waals surface area (Å²) in [5.74, 6) is -2.49. The molecule has 0 amide bonds. The molecule has 2 unspecified atom stereocenters. The number of aliphatic hydroxyl groups is 1. The van der Waals surface area contributed by atoms with Gasteiger partial charge in [-0.2, -0.15) is 0 Å². The van der Waals surface area contributed by atoms with Gasteiger partial charge in [-0.15, -0.1) is 0 Å². The number of carbonyl (C=O) groups excluding carboxylic acids is 1. The van der Waals surface area contributed by atoms with Gasteiger partial charge in [0.2, 0.25) is 5.97 Å². The highest BCUT2D eigenvalue weighted by atomic mass is 31.2. The number of nitrogens with one attached hydrogen (secondary N) is 1. The van der Waals surface area contributed by atoms with E-state index in [1.54, 1.807) is 18.2 Å². The summed E-state index contributed by atoms with van der Waals surface area (Å²) in [5, 5.41) is 11.4. The Hall–Kier alpha value is -1.44. The number of rotatable bonds is 7. The van der Waals surface area contributed by atoms with E-state index in [1.165, 1.54) is 12.1 Å². The Bertz CT molecular complexity index is 452. The second kappa shape index (κ2) is 7.22. The maximum Gasteiger partial charge on any atom is 0.408 e. The smallest absolute Gasteiger partial charge is 0.408 e. The van der Waals surface area contributed by atoms with Gasteiger partial charge < -0.3 is 19.6 Å². The van der Waals surface area contributed by atoms with Crippen LogP contribution >= 0.6 is 7.60 Å². The summed E-state index contributed by atoms with van der Waals surface area (Å²) < 4.78 is 20.1. The zero-order valence-corrected chi connectivity index (χ0v) is 10.9. The SMILES string of the molecule is COC(=O)CNC(O)P(=O)(O)OOc1ccccc1. The normalized spacial score (nSPS) is 15.3. The summed E-state index contributed by atoms with van der Waals surface area (Å²) in [6.07, 6.45) is 0. The standard InChI is InChI=1S/C10H14NO7P/c1-16-9(12)7-11-10(13)19(14,15)18-17-8-5-3-2-4-6-8/h2-6,10-11,13H,7H2,1H3,(H,14,15). The molecular weight excluding hydrogens is 277 g/mol. The van der Waals surface area contributed by atoms with Crippen LogP contribution in [-0.2, 0) is 18.8 Å². The van der Waals surface area contributed by atoms with E-state index < -0.39 is 26.1 Å². The van der Waals surface area contributed by atoms with Gasteiger partial charge in [0.25, 0.3) is 0 Å². The molecule has 1 aromatic rings. The van der Waals surface area contributed by atoms with Gasteiger partial charge in [-0.3, -0.25) is 14.7 Å². The summed E-state index contributed by atoms with van der Waals surface area (Å²) >= 11 is 0. The minimum absolute atomic E-state index is 0.192. The zero-order valence-electron chi connectivity index (χ0n) is 10.1. The molecule has 1 rings (SSSR count). The largest absolute Gasteiger partial charge is 0.468 e. The summed E-state index contributed by atoms with van der Waals surface area (Å²) in [7, 11) is -3.36. The van der Waals surface area contributed by atoms with E-state index in [-0.39, 0.29) is 5.75 Å². The van der Waals surface area contributed by atoms with E-state index in [2.05, 4.69) is 19.6 Å². The molecule has 8 nitrogen and oxygen atoms in total. The van der Waals surface area contributed by atoms with Crippen molar-refractivity contribution in [3.63, 3.8) is 0 Å². The number of para-hydroxylation sites is 1. The Labute approximate surface area is 109 Å². The number of carbonyl (C=O) groups is 1. The molecule has 1 aromatic carbocycles. The molecule has 0 aliphatic rings. The molecule has 0 fully saturated rings. The average molecular weight is 291 g/mol. The van der Waals surface area contributed by atoms with Crippen LogP contribution < -0.4 is 10.2 Å². The molecule has 0 saturated carbocycles. The van der Waals surface area contributed by atoms with Crippen molar-refractivity contribution in [1.29, 1.82) is 0 Å². The Balaban J connectivity index is 2.46. The molecule has 0 saturated heterocycles. The Kier molecular flexibility index (Phi) is 5.94. The highest BCUT2D eigenvalue weighted by Gasteiger charge is 2.33. The summed E-state index contributed by atoms with van der Waals surface area (Å²) in [5.41, 5.74) is 0. The number of hydrogen-bond donors (Lipinski definition) is 3. The van der Waals surface area contributed by atoms with Crippen LogP contribution in [-0.4, -0.2) is 35.6 Å². The molecule has 3 N–H and O–H groups in total. The van der Waals surface area contributed by atoms with Crippen LogP contribution in [0.2, 0.25) is 0 Å². The van der Waals surface area contributed by atoms with E-state index in [1.807, 2.05) is 0 Å². The van der Waals surface area contributed by atoms with Gasteiger partial charge in [-0.25, -0.2) is 0 Å². The molecule has 0 aliphatic heterocycles. The van der Waals surface area contributed by atoms with E-state index >= 15 is 0 Å². The predicted molar refractivity (Wildman–Crippen MR) is 64.0 cm³/mol. The van der Waals surface area contributed by atoms with Crippen molar-refractivity contribution in [1.82, 2.24) is 5.32 Å².